The van der Waals surface area contributed by atoms with Gasteiger partial charge in [0.25, 0.3) is 5.91 Å². The van der Waals surface area contributed by atoms with Crippen molar-refractivity contribution >= 4 is 17.5 Å². The maximum absolute atomic E-state index is 12.4. The molecule has 0 saturated carbocycles. The molecule has 0 spiro atoms. The number of benzene rings is 1. The second-order valence-corrected chi connectivity index (χ2v) is 7.16. The first kappa shape index (κ1) is 19.4. The molecule has 1 aromatic rings. The van der Waals surface area contributed by atoms with E-state index in [1.807, 2.05) is 45.9 Å². The highest BCUT2D eigenvalue weighted by Gasteiger charge is 2.28. The Balaban J connectivity index is 1.87. The number of rotatable bonds is 5. The number of carbonyl (C=O) groups excluding carboxylic acids is 2. The van der Waals surface area contributed by atoms with Crippen LogP contribution in [0.25, 0.3) is 0 Å². The van der Waals surface area contributed by atoms with Gasteiger partial charge in [0.05, 0.1) is 6.54 Å². The summed E-state index contributed by atoms with van der Waals surface area (Å²) in [6, 6.07) is 5.88. The summed E-state index contributed by atoms with van der Waals surface area (Å²) < 4.78 is 5.70. The molecule has 1 aliphatic rings. The Morgan fingerprint density at radius 2 is 1.76 bits per heavy atom. The Morgan fingerprint density at radius 1 is 1.20 bits per heavy atom. The number of hydrogen-bond acceptors (Lipinski definition) is 3. The highest BCUT2D eigenvalue weighted by molar-refractivity contribution is 5.95. The van der Waals surface area contributed by atoms with E-state index in [4.69, 9.17) is 4.74 Å². The van der Waals surface area contributed by atoms with Gasteiger partial charge in [0.15, 0.2) is 6.54 Å². The van der Waals surface area contributed by atoms with Gasteiger partial charge in [0, 0.05) is 12.7 Å². The van der Waals surface area contributed by atoms with Crippen LogP contribution < -0.4 is 10.2 Å². The highest BCUT2D eigenvalue weighted by Crippen LogP contribution is 2.19. The molecule has 2 amide bonds. The second kappa shape index (κ2) is 8.45. The number of ether oxygens (including phenoxy) is 1. The van der Waals surface area contributed by atoms with Crippen molar-refractivity contribution in [3.8, 4) is 0 Å². The van der Waals surface area contributed by atoms with Gasteiger partial charge in [-0.2, -0.15) is 0 Å². The van der Waals surface area contributed by atoms with Gasteiger partial charge in [-0.05, 0) is 38.8 Å². The van der Waals surface area contributed by atoms with Gasteiger partial charge in [0.2, 0.25) is 5.91 Å². The average molecular weight is 348 g/mol. The molecule has 25 heavy (non-hydrogen) atoms. The minimum Gasteiger partial charge on any atom is -0.364 e. The van der Waals surface area contributed by atoms with Crippen LogP contribution in [0.5, 0.6) is 0 Å². The van der Waals surface area contributed by atoms with Crippen LogP contribution in [0.1, 0.15) is 25.0 Å². The molecule has 1 aromatic carbocycles. The number of aryl methyl sites for hydroxylation is 2. The molecule has 6 heteroatoms. The molecule has 2 rings (SSSR count). The van der Waals surface area contributed by atoms with E-state index in [1.165, 1.54) is 9.80 Å². The van der Waals surface area contributed by atoms with Crippen LogP contribution in [-0.4, -0.2) is 62.1 Å². The zero-order valence-electron chi connectivity index (χ0n) is 15.9. The van der Waals surface area contributed by atoms with Crippen molar-refractivity contribution in [3.05, 3.63) is 29.3 Å². The number of nitrogens with one attached hydrogen (secondary N) is 2. The highest BCUT2D eigenvalue weighted by atomic mass is 16.5. The van der Waals surface area contributed by atoms with Crippen LogP contribution >= 0.6 is 0 Å². The molecule has 0 bridgehead atoms. The fourth-order valence-electron chi connectivity index (χ4n) is 3.38. The lowest BCUT2D eigenvalue weighted by Crippen LogP contribution is -3.16. The van der Waals surface area contributed by atoms with Crippen LogP contribution in [-0.2, 0) is 14.3 Å². The summed E-state index contributed by atoms with van der Waals surface area (Å²) in [4.78, 5) is 27.4. The largest absolute Gasteiger partial charge is 0.364 e. The number of likely N-dealkylation sites (N-methyl/N-ethyl adjacent to an activating group) is 1. The van der Waals surface area contributed by atoms with Crippen molar-refractivity contribution in [3.63, 3.8) is 0 Å². The van der Waals surface area contributed by atoms with Crippen molar-refractivity contribution in [2.45, 2.75) is 39.9 Å². The van der Waals surface area contributed by atoms with E-state index in [0.717, 1.165) is 29.9 Å². The molecule has 0 aliphatic carbocycles. The third kappa shape index (κ3) is 5.54. The zero-order chi connectivity index (χ0) is 18.6. The molecule has 1 saturated heterocycles. The first-order valence-electron chi connectivity index (χ1n) is 8.85. The molecule has 2 N–H and O–H groups in total. The van der Waals surface area contributed by atoms with E-state index in [9.17, 15) is 9.59 Å². The zero-order valence-corrected chi connectivity index (χ0v) is 15.9. The SMILES string of the molecule is Cc1cccc(C)c1NC(=O)CN(C)C(=O)C[NH+]1C[C@H](C)O[C@@H](C)C1. The Hall–Kier alpha value is -1.92. The fourth-order valence-corrected chi connectivity index (χ4v) is 3.38. The smallest absolute Gasteiger partial charge is 0.277 e. The minimum atomic E-state index is -0.174. The molecular weight excluding hydrogens is 318 g/mol. The Bertz CT molecular complexity index is 602. The standard InChI is InChI=1S/C19H29N3O3/c1-13-7-6-8-14(2)19(13)20-17(23)11-21(5)18(24)12-22-9-15(3)25-16(4)10-22/h6-8,15-16H,9-12H2,1-5H3,(H,20,23)/p+1/t15-,16-/m0/s1. The lowest BCUT2D eigenvalue weighted by Gasteiger charge is -2.32. The van der Waals surface area contributed by atoms with E-state index in [0.29, 0.717) is 6.54 Å². The summed E-state index contributed by atoms with van der Waals surface area (Å²) in [6.45, 7) is 10.1. The van der Waals surface area contributed by atoms with E-state index in [-0.39, 0.29) is 30.6 Å². The molecule has 6 nitrogen and oxygen atoms in total. The third-order valence-corrected chi connectivity index (χ3v) is 4.57. The van der Waals surface area contributed by atoms with Crippen LogP contribution in [0.2, 0.25) is 0 Å². The quantitative estimate of drug-likeness (QED) is 0.809. The summed E-state index contributed by atoms with van der Waals surface area (Å²) in [7, 11) is 1.68. The van der Waals surface area contributed by atoms with Crippen LogP contribution in [0.4, 0.5) is 5.69 Å². The summed E-state index contributed by atoms with van der Waals surface area (Å²) in [5, 5.41) is 2.92. The maximum atomic E-state index is 12.4. The van der Waals surface area contributed by atoms with Gasteiger partial charge in [-0.1, -0.05) is 18.2 Å². The molecule has 0 radical (unpaired) electrons. The van der Waals surface area contributed by atoms with E-state index in [1.54, 1.807) is 7.05 Å². The lowest BCUT2D eigenvalue weighted by atomic mass is 10.1. The fraction of sp³-hybridized carbons (Fsp3) is 0.579. The van der Waals surface area contributed by atoms with Gasteiger partial charge < -0.3 is 19.9 Å². The average Bonchev–Trinajstić information content (AvgIpc) is 2.50. The monoisotopic (exact) mass is 348 g/mol. The lowest BCUT2D eigenvalue weighted by molar-refractivity contribution is -0.907. The predicted molar refractivity (Wildman–Crippen MR) is 97.8 cm³/mol. The normalized spacial score (nSPS) is 23.2. The van der Waals surface area contributed by atoms with Gasteiger partial charge in [-0.3, -0.25) is 9.59 Å². The first-order valence-corrected chi connectivity index (χ1v) is 8.85. The number of morpholine rings is 1. The number of carbonyl (C=O) groups is 2. The van der Waals surface area contributed by atoms with Crippen molar-refractivity contribution in [1.82, 2.24) is 4.90 Å². The van der Waals surface area contributed by atoms with Crippen molar-refractivity contribution < 1.29 is 19.2 Å². The summed E-state index contributed by atoms with van der Waals surface area (Å²) >= 11 is 0. The molecular formula is C19H30N3O3+. The Labute approximate surface area is 150 Å². The van der Waals surface area contributed by atoms with Crippen molar-refractivity contribution in [1.29, 1.82) is 0 Å². The molecule has 1 heterocycles. The van der Waals surface area contributed by atoms with Crippen molar-refractivity contribution in [2.24, 2.45) is 0 Å². The molecule has 138 valence electrons. The Kier molecular flexibility index (Phi) is 6.56. The van der Waals surface area contributed by atoms with Gasteiger partial charge in [-0.15, -0.1) is 0 Å². The first-order chi connectivity index (χ1) is 11.8. The number of amides is 2. The summed E-state index contributed by atoms with van der Waals surface area (Å²) in [6.07, 6.45) is 0.313. The summed E-state index contributed by atoms with van der Waals surface area (Å²) in [5.74, 6) is -0.195. The topological polar surface area (TPSA) is 63.1 Å². The predicted octanol–water partition coefficient (Wildman–Crippen LogP) is 0.392. The molecule has 0 unspecified atom stereocenters. The van der Waals surface area contributed by atoms with E-state index in [2.05, 4.69) is 5.32 Å². The number of quaternary nitrogens is 1. The number of hydrogen-bond donors (Lipinski definition) is 2. The van der Waals surface area contributed by atoms with Crippen molar-refractivity contribution in [2.75, 3.05) is 38.5 Å². The maximum Gasteiger partial charge on any atom is 0.277 e. The Morgan fingerprint density at radius 3 is 2.32 bits per heavy atom. The second-order valence-electron chi connectivity index (χ2n) is 7.16. The van der Waals surface area contributed by atoms with Gasteiger partial charge >= 0.3 is 0 Å². The molecule has 2 atom stereocenters. The van der Waals surface area contributed by atoms with Gasteiger partial charge in [-0.25, -0.2) is 0 Å². The van der Waals surface area contributed by atoms with Gasteiger partial charge in [0.1, 0.15) is 25.3 Å². The van der Waals surface area contributed by atoms with E-state index < -0.39 is 0 Å². The number of nitrogens with zero attached hydrogens (tertiary/aromatic N) is 1. The minimum absolute atomic E-state index is 0.0204. The molecule has 1 fully saturated rings. The number of para-hydroxylation sites is 1. The number of anilines is 1. The third-order valence-electron chi connectivity index (χ3n) is 4.57. The van der Waals surface area contributed by atoms with Crippen LogP contribution in [0, 0.1) is 13.8 Å². The van der Waals surface area contributed by atoms with E-state index >= 15 is 0 Å². The van der Waals surface area contributed by atoms with Crippen LogP contribution in [0.15, 0.2) is 18.2 Å². The molecule has 1 aliphatic heterocycles. The summed E-state index contributed by atoms with van der Waals surface area (Å²) in [5.41, 5.74) is 2.86. The van der Waals surface area contributed by atoms with Crippen LogP contribution in [0.3, 0.4) is 0 Å². The molecule has 0 aromatic heterocycles.